The summed E-state index contributed by atoms with van der Waals surface area (Å²) in [6.07, 6.45) is 3.64. The number of hydrogen-bond donors (Lipinski definition) is 1. The van der Waals surface area contributed by atoms with Crippen molar-refractivity contribution < 1.29 is 14.4 Å². The molecule has 20 heavy (non-hydrogen) atoms. The molecule has 2 aliphatic rings. The Morgan fingerprint density at radius 3 is 2.20 bits per heavy atom. The maximum atomic E-state index is 12.5. The Morgan fingerprint density at radius 1 is 1.15 bits per heavy atom. The van der Waals surface area contributed by atoms with Crippen LogP contribution in [0.1, 0.15) is 53.4 Å². The Bertz CT molecular complexity index is 432. The smallest absolute Gasteiger partial charge is 0.277 e. The summed E-state index contributed by atoms with van der Waals surface area (Å²) in [4.78, 5) is 37.6. The van der Waals surface area contributed by atoms with E-state index in [0.717, 1.165) is 25.7 Å². The molecule has 1 unspecified atom stereocenters. The van der Waals surface area contributed by atoms with Crippen LogP contribution in [-0.2, 0) is 9.59 Å². The van der Waals surface area contributed by atoms with Crippen molar-refractivity contribution in [3.05, 3.63) is 0 Å². The minimum absolute atomic E-state index is 0.0649. The second-order valence-corrected chi connectivity index (χ2v) is 7.12. The molecule has 0 aromatic carbocycles. The molecule has 4 amide bonds. The summed E-state index contributed by atoms with van der Waals surface area (Å²) in [6, 6.07) is -0.605. The third kappa shape index (κ3) is 2.72. The Balaban J connectivity index is 2.16. The third-order valence-electron chi connectivity index (χ3n) is 4.58. The molecule has 0 spiro atoms. The summed E-state index contributed by atoms with van der Waals surface area (Å²) < 4.78 is 0. The topological polar surface area (TPSA) is 66.5 Å². The van der Waals surface area contributed by atoms with Gasteiger partial charge in [-0.25, -0.2) is 4.79 Å². The minimum Gasteiger partial charge on any atom is -0.277 e. The molecule has 1 heterocycles. The van der Waals surface area contributed by atoms with Crippen molar-refractivity contribution in [1.82, 2.24) is 10.2 Å². The average molecular weight is 280 g/mol. The summed E-state index contributed by atoms with van der Waals surface area (Å²) in [5.41, 5.74) is 0.277. The normalized spacial score (nSPS) is 27.9. The lowest BCUT2D eigenvalue weighted by molar-refractivity contribution is -0.146. The second-order valence-electron chi connectivity index (χ2n) is 7.12. The number of imide groups is 2. The standard InChI is InChI=1S/C15H24N2O3/c1-9(2)11-12(18)16-14(20)17(13(11)19)10-5-7-15(3,4)8-6-10/h9-11H,5-8H2,1-4H3,(H,16,18,20). The zero-order valence-electron chi connectivity index (χ0n) is 12.7. The Hall–Kier alpha value is -1.39. The first-order chi connectivity index (χ1) is 9.23. The molecular weight excluding hydrogens is 256 g/mol. The molecule has 112 valence electrons. The van der Waals surface area contributed by atoms with Gasteiger partial charge in [0.05, 0.1) is 0 Å². The Morgan fingerprint density at radius 2 is 1.70 bits per heavy atom. The van der Waals surface area contributed by atoms with Gasteiger partial charge in [0, 0.05) is 6.04 Å². The zero-order valence-corrected chi connectivity index (χ0v) is 12.7. The highest BCUT2D eigenvalue weighted by Gasteiger charge is 2.45. The number of carbonyl (C=O) groups excluding carboxylic acids is 3. The first-order valence-corrected chi connectivity index (χ1v) is 7.41. The van der Waals surface area contributed by atoms with E-state index in [1.54, 1.807) is 0 Å². The van der Waals surface area contributed by atoms with Crippen molar-refractivity contribution in [3.8, 4) is 0 Å². The molecule has 1 aliphatic carbocycles. The van der Waals surface area contributed by atoms with Crippen molar-refractivity contribution in [1.29, 1.82) is 0 Å². The molecule has 2 rings (SSSR count). The molecule has 0 aromatic heterocycles. The van der Waals surface area contributed by atoms with Gasteiger partial charge in [-0.2, -0.15) is 0 Å². The lowest BCUT2D eigenvalue weighted by atomic mass is 9.75. The molecule has 5 heteroatoms. The van der Waals surface area contributed by atoms with Gasteiger partial charge < -0.3 is 0 Å². The van der Waals surface area contributed by atoms with Crippen LogP contribution in [0.5, 0.6) is 0 Å². The summed E-state index contributed by atoms with van der Waals surface area (Å²) >= 11 is 0. The molecule has 5 nitrogen and oxygen atoms in total. The minimum atomic E-state index is -0.734. The highest BCUT2D eigenvalue weighted by molar-refractivity contribution is 6.16. The van der Waals surface area contributed by atoms with Gasteiger partial charge >= 0.3 is 6.03 Å². The van der Waals surface area contributed by atoms with Gasteiger partial charge in [-0.1, -0.05) is 27.7 Å². The average Bonchev–Trinajstić information content (AvgIpc) is 2.29. The molecule has 1 aliphatic heterocycles. The van der Waals surface area contributed by atoms with Crippen LogP contribution in [0.3, 0.4) is 0 Å². The highest BCUT2D eigenvalue weighted by atomic mass is 16.2. The molecule has 1 atom stereocenters. The van der Waals surface area contributed by atoms with E-state index >= 15 is 0 Å². The molecular formula is C15H24N2O3. The zero-order chi connectivity index (χ0) is 15.1. The van der Waals surface area contributed by atoms with E-state index in [2.05, 4.69) is 19.2 Å². The van der Waals surface area contributed by atoms with E-state index < -0.39 is 17.9 Å². The summed E-state index contributed by atoms with van der Waals surface area (Å²) in [6.45, 7) is 8.09. The Kier molecular flexibility index (Phi) is 3.89. The molecule has 1 saturated heterocycles. The highest BCUT2D eigenvalue weighted by Crippen LogP contribution is 2.38. The quantitative estimate of drug-likeness (QED) is 0.789. The maximum Gasteiger partial charge on any atom is 0.331 e. The molecule has 2 fully saturated rings. The number of urea groups is 1. The number of nitrogens with one attached hydrogen (secondary N) is 1. The van der Waals surface area contributed by atoms with Gasteiger partial charge in [0.1, 0.15) is 5.92 Å². The van der Waals surface area contributed by atoms with E-state index in [9.17, 15) is 14.4 Å². The fourth-order valence-electron chi connectivity index (χ4n) is 3.18. The Labute approximate surface area is 120 Å². The number of amides is 4. The van der Waals surface area contributed by atoms with E-state index in [1.165, 1.54) is 4.90 Å². The van der Waals surface area contributed by atoms with Crippen molar-refractivity contribution in [2.45, 2.75) is 59.4 Å². The molecule has 0 aromatic rings. The lowest BCUT2D eigenvalue weighted by Gasteiger charge is -2.42. The van der Waals surface area contributed by atoms with Crippen LogP contribution >= 0.6 is 0 Å². The van der Waals surface area contributed by atoms with Crippen LogP contribution in [0.4, 0.5) is 4.79 Å². The van der Waals surface area contributed by atoms with Gasteiger partial charge in [-0.15, -0.1) is 0 Å². The molecule has 1 N–H and O–H groups in total. The van der Waals surface area contributed by atoms with E-state index in [4.69, 9.17) is 0 Å². The van der Waals surface area contributed by atoms with Gasteiger partial charge in [0.25, 0.3) is 0 Å². The van der Waals surface area contributed by atoms with Crippen molar-refractivity contribution in [3.63, 3.8) is 0 Å². The fourth-order valence-corrected chi connectivity index (χ4v) is 3.18. The summed E-state index contributed by atoms with van der Waals surface area (Å²) in [7, 11) is 0. The number of carbonyl (C=O) groups is 3. The molecule has 0 radical (unpaired) electrons. The SMILES string of the molecule is CC(C)C1C(=O)NC(=O)N(C2CCC(C)(C)CC2)C1=O. The predicted molar refractivity (Wildman–Crippen MR) is 74.7 cm³/mol. The van der Waals surface area contributed by atoms with Gasteiger partial charge in [-0.05, 0) is 37.0 Å². The largest absolute Gasteiger partial charge is 0.331 e. The summed E-state index contributed by atoms with van der Waals surface area (Å²) in [5, 5.41) is 2.34. The van der Waals surface area contributed by atoms with Crippen LogP contribution in [-0.4, -0.2) is 28.8 Å². The van der Waals surface area contributed by atoms with E-state index in [-0.39, 0.29) is 23.3 Å². The maximum absolute atomic E-state index is 12.5. The van der Waals surface area contributed by atoms with Crippen LogP contribution in [0, 0.1) is 17.3 Å². The number of barbiturate groups is 1. The van der Waals surface area contributed by atoms with Gasteiger partial charge in [0.2, 0.25) is 11.8 Å². The number of nitrogens with zero attached hydrogens (tertiary/aromatic N) is 1. The first kappa shape index (κ1) is 15.0. The number of hydrogen-bond acceptors (Lipinski definition) is 3. The van der Waals surface area contributed by atoms with E-state index in [0.29, 0.717) is 0 Å². The van der Waals surface area contributed by atoms with E-state index in [1.807, 2.05) is 13.8 Å². The van der Waals surface area contributed by atoms with Crippen molar-refractivity contribution in [2.75, 3.05) is 0 Å². The van der Waals surface area contributed by atoms with Gasteiger partial charge in [-0.3, -0.25) is 19.8 Å². The van der Waals surface area contributed by atoms with Crippen LogP contribution < -0.4 is 5.32 Å². The number of rotatable bonds is 2. The monoisotopic (exact) mass is 280 g/mol. The molecule has 0 bridgehead atoms. The van der Waals surface area contributed by atoms with Crippen LogP contribution in [0.15, 0.2) is 0 Å². The van der Waals surface area contributed by atoms with Crippen LogP contribution in [0.2, 0.25) is 0 Å². The third-order valence-corrected chi connectivity index (χ3v) is 4.58. The predicted octanol–water partition coefficient (Wildman–Crippen LogP) is 2.31. The van der Waals surface area contributed by atoms with Crippen LogP contribution in [0.25, 0.3) is 0 Å². The fraction of sp³-hybridized carbons (Fsp3) is 0.800. The summed E-state index contributed by atoms with van der Waals surface area (Å²) in [5.74, 6) is -1.61. The van der Waals surface area contributed by atoms with Crippen molar-refractivity contribution in [2.24, 2.45) is 17.3 Å². The lowest BCUT2D eigenvalue weighted by Crippen LogP contribution is -2.62. The first-order valence-electron chi connectivity index (χ1n) is 7.41. The van der Waals surface area contributed by atoms with Crippen molar-refractivity contribution >= 4 is 17.8 Å². The van der Waals surface area contributed by atoms with Gasteiger partial charge in [0.15, 0.2) is 0 Å². The second kappa shape index (κ2) is 5.19. The molecule has 1 saturated carbocycles.